The fourth-order valence-electron chi connectivity index (χ4n) is 0.801. The highest BCUT2D eigenvalue weighted by Gasteiger charge is 1.95. The molecule has 0 radical (unpaired) electrons. The first-order valence-corrected chi connectivity index (χ1v) is 4.24. The molecule has 13 heavy (non-hydrogen) atoms. The molecule has 0 aliphatic heterocycles. The average molecular weight is 181 g/mol. The fourth-order valence-corrected chi connectivity index (χ4v) is 0.801. The van der Waals surface area contributed by atoms with Gasteiger partial charge in [0, 0.05) is 6.54 Å². The number of aromatic nitrogens is 2. The second-order valence-corrected chi connectivity index (χ2v) is 3.12. The van der Waals surface area contributed by atoms with Gasteiger partial charge in [-0.05, 0) is 21.0 Å². The van der Waals surface area contributed by atoms with E-state index in [-0.39, 0.29) is 0 Å². The van der Waals surface area contributed by atoms with Crippen LogP contribution in [0.3, 0.4) is 0 Å². The summed E-state index contributed by atoms with van der Waals surface area (Å²) in [6.45, 7) is 3.41. The molecule has 1 aromatic rings. The Morgan fingerprint density at radius 3 is 2.46 bits per heavy atom. The third kappa shape index (κ3) is 3.85. The summed E-state index contributed by atoms with van der Waals surface area (Å²) in [6, 6.07) is 0. The molecule has 0 amide bonds. The van der Waals surface area contributed by atoms with Gasteiger partial charge in [0.15, 0.2) is 5.75 Å². The van der Waals surface area contributed by atoms with E-state index in [0.717, 1.165) is 18.1 Å². The second kappa shape index (κ2) is 4.77. The van der Waals surface area contributed by atoms with Crippen LogP contribution in [0.2, 0.25) is 0 Å². The smallest absolute Gasteiger partial charge is 0.155 e. The molecular formula is C9H15N3O. The van der Waals surface area contributed by atoms with Crippen LogP contribution in [-0.4, -0.2) is 42.1 Å². The zero-order valence-corrected chi connectivity index (χ0v) is 8.32. The predicted molar refractivity (Wildman–Crippen MR) is 50.8 cm³/mol. The fraction of sp³-hybridized carbons (Fsp3) is 0.556. The van der Waals surface area contributed by atoms with Gasteiger partial charge in [-0.1, -0.05) is 0 Å². The first-order chi connectivity index (χ1) is 6.18. The van der Waals surface area contributed by atoms with E-state index in [4.69, 9.17) is 4.74 Å². The minimum atomic E-state index is 0.666. The number of nitrogens with zero attached hydrogens (tertiary/aromatic N) is 3. The summed E-state index contributed by atoms with van der Waals surface area (Å²) < 4.78 is 5.41. The molecule has 0 aromatic carbocycles. The molecule has 0 saturated carbocycles. The molecule has 0 saturated heterocycles. The van der Waals surface area contributed by atoms with Crippen molar-refractivity contribution in [3.05, 3.63) is 18.2 Å². The van der Waals surface area contributed by atoms with Crippen molar-refractivity contribution in [2.45, 2.75) is 6.92 Å². The Hall–Kier alpha value is -1.16. The molecule has 0 fully saturated rings. The largest absolute Gasteiger partial charge is 0.489 e. The van der Waals surface area contributed by atoms with Crippen LogP contribution in [0.1, 0.15) is 5.82 Å². The van der Waals surface area contributed by atoms with E-state index in [0.29, 0.717) is 6.61 Å². The van der Waals surface area contributed by atoms with Crippen LogP contribution in [0.15, 0.2) is 12.4 Å². The number of rotatable bonds is 4. The highest BCUT2D eigenvalue weighted by atomic mass is 16.5. The van der Waals surface area contributed by atoms with Gasteiger partial charge in [-0.2, -0.15) is 0 Å². The number of ether oxygens (including phenoxy) is 1. The molecule has 0 bridgehead atoms. The number of hydrogen-bond donors (Lipinski definition) is 0. The summed E-state index contributed by atoms with van der Waals surface area (Å²) in [4.78, 5) is 10.1. The maximum atomic E-state index is 5.41. The number of hydrogen-bond acceptors (Lipinski definition) is 4. The number of likely N-dealkylation sites (N-methyl/N-ethyl adjacent to an activating group) is 1. The molecule has 0 atom stereocenters. The molecule has 1 aromatic heterocycles. The monoisotopic (exact) mass is 181 g/mol. The molecule has 0 aliphatic carbocycles. The van der Waals surface area contributed by atoms with E-state index >= 15 is 0 Å². The topological polar surface area (TPSA) is 38.2 Å². The maximum Gasteiger partial charge on any atom is 0.155 e. The molecule has 4 nitrogen and oxygen atoms in total. The molecule has 0 N–H and O–H groups in total. The third-order valence-corrected chi connectivity index (χ3v) is 1.56. The first-order valence-electron chi connectivity index (χ1n) is 4.24. The van der Waals surface area contributed by atoms with Crippen molar-refractivity contribution in [3.63, 3.8) is 0 Å². The highest BCUT2D eigenvalue weighted by molar-refractivity contribution is 5.11. The van der Waals surface area contributed by atoms with Crippen molar-refractivity contribution >= 4 is 0 Å². The van der Waals surface area contributed by atoms with E-state index in [2.05, 4.69) is 14.9 Å². The lowest BCUT2D eigenvalue weighted by atomic mass is 10.5. The van der Waals surface area contributed by atoms with Gasteiger partial charge in [0.1, 0.15) is 12.4 Å². The van der Waals surface area contributed by atoms with E-state index in [1.54, 1.807) is 12.4 Å². The molecular weight excluding hydrogens is 166 g/mol. The Morgan fingerprint density at radius 1 is 1.31 bits per heavy atom. The molecule has 72 valence electrons. The van der Waals surface area contributed by atoms with Crippen LogP contribution >= 0.6 is 0 Å². The van der Waals surface area contributed by atoms with Gasteiger partial charge in [-0.15, -0.1) is 0 Å². The minimum absolute atomic E-state index is 0.666. The van der Waals surface area contributed by atoms with Crippen molar-refractivity contribution < 1.29 is 4.74 Å². The summed E-state index contributed by atoms with van der Waals surface area (Å²) in [6.07, 6.45) is 3.38. The molecule has 1 heterocycles. The summed E-state index contributed by atoms with van der Waals surface area (Å²) in [5.74, 6) is 1.49. The molecule has 0 unspecified atom stereocenters. The lowest BCUT2D eigenvalue weighted by Crippen LogP contribution is -2.19. The van der Waals surface area contributed by atoms with Crippen LogP contribution in [0.4, 0.5) is 0 Å². The van der Waals surface area contributed by atoms with Gasteiger partial charge in [0.05, 0.1) is 12.4 Å². The Kier molecular flexibility index (Phi) is 3.64. The quantitative estimate of drug-likeness (QED) is 0.686. The maximum absolute atomic E-state index is 5.41. The van der Waals surface area contributed by atoms with E-state index in [9.17, 15) is 0 Å². The van der Waals surface area contributed by atoms with E-state index < -0.39 is 0 Å². The molecule has 0 spiro atoms. The van der Waals surface area contributed by atoms with Gasteiger partial charge in [0.2, 0.25) is 0 Å². The standard InChI is InChI=1S/C9H15N3O/c1-8-10-6-9(7-11-8)13-5-4-12(2)3/h6-7H,4-5H2,1-3H3. The Balaban J connectivity index is 2.33. The summed E-state index contributed by atoms with van der Waals surface area (Å²) in [5.41, 5.74) is 0. The van der Waals surface area contributed by atoms with Crippen LogP contribution in [-0.2, 0) is 0 Å². The second-order valence-electron chi connectivity index (χ2n) is 3.12. The van der Waals surface area contributed by atoms with E-state index in [1.165, 1.54) is 0 Å². The number of aryl methyl sites for hydroxylation is 1. The Morgan fingerprint density at radius 2 is 1.92 bits per heavy atom. The SMILES string of the molecule is Cc1ncc(OCCN(C)C)cn1. The minimum Gasteiger partial charge on any atom is -0.489 e. The van der Waals surface area contributed by atoms with Gasteiger partial charge in [0.25, 0.3) is 0 Å². The van der Waals surface area contributed by atoms with Crippen LogP contribution in [0.25, 0.3) is 0 Å². The zero-order chi connectivity index (χ0) is 9.68. The lowest BCUT2D eigenvalue weighted by molar-refractivity contribution is 0.259. The Bertz CT molecular complexity index is 246. The summed E-state index contributed by atoms with van der Waals surface area (Å²) in [7, 11) is 4.02. The van der Waals surface area contributed by atoms with E-state index in [1.807, 2.05) is 21.0 Å². The first kappa shape index (κ1) is 9.92. The van der Waals surface area contributed by atoms with Crippen molar-refractivity contribution in [1.29, 1.82) is 0 Å². The van der Waals surface area contributed by atoms with Crippen molar-refractivity contribution in [1.82, 2.24) is 14.9 Å². The van der Waals surface area contributed by atoms with Crippen molar-refractivity contribution in [2.24, 2.45) is 0 Å². The summed E-state index contributed by atoms with van der Waals surface area (Å²) in [5, 5.41) is 0. The van der Waals surface area contributed by atoms with Crippen molar-refractivity contribution in [2.75, 3.05) is 27.2 Å². The average Bonchev–Trinajstić information content (AvgIpc) is 2.08. The van der Waals surface area contributed by atoms with Gasteiger partial charge in [-0.3, -0.25) is 0 Å². The van der Waals surface area contributed by atoms with Gasteiger partial charge in [-0.25, -0.2) is 9.97 Å². The normalized spacial score (nSPS) is 10.5. The molecule has 0 aliphatic rings. The lowest BCUT2D eigenvalue weighted by Gasteiger charge is -2.10. The van der Waals surface area contributed by atoms with Crippen LogP contribution in [0.5, 0.6) is 5.75 Å². The third-order valence-electron chi connectivity index (χ3n) is 1.56. The van der Waals surface area contributed by atoms with Crippen LogP contribution in [0, 0.1) is 6.92 Å². The summed E-state index contributed by atoms with van der Waals surface area (Å²) >= 11 is 0. The van der Waals surface area contributed by atoms with Gasteiger partial charge < -0.3 is 9.64 Å². The van der Waals surface area contributed by atoms with Crippen LogP contribution < -0.4 is 4.74 Å². The van der Waals surface area contributed by atoms with Crippen molar-refractivity contribution in [3.8, 4) is 5.75 Å². The predicted octanol–water partition coefficient (Wildman–Crippen LogP) is 0.725. The zero-order valence-electron chi connectivity index (χ0n) is 8.32. The molecule has 4 heteroatoms. The van der Waals surface area contributed by atoms with Gasteiger partial charge >= 0.3 is 0 Å². The molecule has 1 rings (SSSR count). The highest BCUT2D eigenvalue weighted by Crippen LogP contribution is 2.04. The Labute approximate surface area is 78.6 Å².